The van der Waals surface area contributed by atoms with E-state index in [4.69, 9.17) is 4.98 Å². The van der Waals surface area contributed by atoms with Crippen LogP contribution in [0.1, 0.15) is 0 Å². The van der Waals surface area contributed by atoms with E-state index >= 15 is 0 Å². The van der Waals surface area contributed by atoms with Crippen LogP contribution in [0.25, 0.3) is 0 Å². The Morgan fingerprint density at radius 3 is 2.19 bits per heavy atom. The highest BCUT2D eigenvalue weighted by molar-refractivity contribution is 5.59. The SMILES string of the molecule is CN(c1ccccc1)c1cnnc(N2CCN(c3ncccn3)CC2)n1. The monoisotopic (exact) mass is 348 g/mol. The first-order valence-electron chi connectivity index (χ1n) is 8.57. The molecule has 0 spiro atoms. The highest BCUT2D eigenvalue weighted by atomic mass is 15.4. The zero-order chi connectivity index (χ0) is 17.8. The molecule has 1 aliphatic heterocycles. The summed E-state index contributed by atoms with van der Waals surface area (Å²) in [6.07, 6.45) is 5.22. The molecule has 2 aromatic heterocycles. The maximum atomic E-state index is 4.70. The number of benzene rings is 1. The molecule has 0 bridgehead atoms. The van der Waals surface area contributed by atoms with Gasteiger partial charge in [0.25, 0.3) is 0 Å². The summed E-state index contributed by atoms with van der Waals surface area (Å²) in [4.78, 5) is 19.7. The van der Waals surface area contributed by atoms with E-state index < -0.39 is 0 Å². The van der Waals surface area contributed by atoms with Gasteiger partial charge >= 0.3 is 0 Å². The third kappa shape index (κ3) is 3.39. The Morgan fingerprint density at radius 2 is 1.50 bits per heavy atom. The Hall–Kier alpha value is -3.29. The van der Waals surface area contributed by atoms with Gasteiger partial charge < -0.3 is 14.7 Å². The normalized spacial score (nSPS) is 14.3. The van der Waals surface area contributed by atoms with E-state index in [0.717, 1.165) is 43.6 Å². The van der Waals surface area contributed by atoms with Gasteiger partial charge in [0.1, 0.15) is 0 Å². The van der Waals surface area contributed by atoms with Gasteiger partial charge in [-0.1, -0.05) is 18.2 Å². The summed E-state index contributed by atoms with van der Waals surface area (Å²) in [7, 11) is 1.98. The molecule has 0 saturated carbocycles. The van der Waals surface area contributed by atoms with E-state index in [1.165, 1.54) is 0 Å². The third-order valence-electron chi connectivity index (χ3n) is 4.42. The van der Waals surface area contributed by atoms with Crippen LogP contribution in [0, 0.1) is 0 Å². The maximum Gasteiger partial charge on any atom is 0.247 e. The van der Waals surface area contributed by atoms with Gasteiger partial charge in [0, 0.05) is 51.3 Å². The zero-order valence-corrected chi connectivity index (χ0v) is 14.6. The molecular formula is C18H20N8. The first-order chi connectivity index (χ1) is 12.8. The molecule has 0 amide bonds. The first kappa shape index (κ1) is 16.2. The molecule has 3 aromatic rings. The van der Waals surface area contributed by atoms with Gasteiger partial charge in [-0.25, -0.2) is 9.97 Å². The Morgan fingerprint density at radius 1 is 0.846 bits per heavy atom. The summed E-state index contributed by atoms with van der Waals surface area (Å²) < 4.78 is 0. The predicted octanol–water partition coefficient (Wildman–Crippen LogP) is 1.76. The standard InChI is InChI=1S/C18H20N8/c1-24(15-6-3-2-4-7-15)16-14-21-23-18(22-16)26-12-10-25(11-13-26)17-19-8-5-9-20-17/h2-9,14H,10-13H2,1H3. The fraction of sp³-hybridized carbons (Fsp3) is 0.278. The van der Waals surface area contributed by atoms with Gasteiger partial charge in [-0.05, 0) is 18.2 Å². The van der Waals surface area contributed by atoms with Crippen LogP contribution in [-0.4, -0.2) is 58.4 Å². The van der Waals surface area contributed by atoms with Crippen LogP contribution in [0.2, 0.25) is 0 Å². The van der Waals surface area contributed by atoms with Crippen LogP contribution in [0.4, 0.5) is 23.4 Å². The molecule has 1 aliphatic rings. The van der Waals surface area contributed by atoms with Crippen molar-refractivity contribution in [2.24, 2.45) is 0 Å². The molecule has 1 saturated heterocycles. The van der Waals surface area contributed by atoms with E-state index in [2.05, 4.69) is 30.0 Å². The van der Waals surface area contributed by atoms with Crippen LogP contribution in [-0.2, 0) is 0 Å². The molecule has 1 aromatic carbocycles. The number of hydrogen-bond donors (Lipinski definition) is 0. The summed E-state index contributed by atoms with van der Waals surface area (Å²) in [6.45, 7) is 3.26. The van der Waals surface area contributed by atoms with Crippen LogP contribution >= 0.6 is 0 Å². The molecular weight excluding hydrogens is 328 g/mol. The largest absolute Gasteiger partial charge is 0.337 e. The van der Waals surface area contributed by atoms with Crippen LogP contribution < -0.4 is 14.7 Å². The summed E-state index contributed by atoms with van der Waals surface area (Å²) in [5.41, 5.74) is 1.06. The summed E-state index contributed by atoms with van der Waals surface area (Å²) >= 11 is 0. The molecule has 0 unspecified atom stereocenters. The van der Waals surface area contributed by atoms with Crippen LogP contribution in [0.3, 0.4) is 0 Å². The van der Waals surface area contributed by atoms with Gasteiger partial charge in [0.2, 0.25) is 11.9 Å². The fourth-order valence-electron chi connectivity index (χ4n) is 2.93. The molecule has 3 heterocycles. The zero-order valence-electron chi connectivity index (χ0n) is 14.6. The number of rotatable bonds is 4. The molecule has 4 rings (SSSR count). The summed E-state index contributed by atoms with van der Waals surface area (Å²) in [5, 5.41) is 8.37. The average Bonchev–Trinajstić information content (AvgIpc) is 2.75. The quantitative estimate of drug-likeness (QED) is 0.706. The number of hydrogen-bond acceptors (Lipinski definition) is 8. The second-order valence-corrected chi connectivity index (χ2v) is 6.03. The Kier molecular flexibility index (Phi) is 4.55. The summed E-state index contributed by atoms with van der Waals surface area (Å²) in [5.74, 6) is 2.19. The lowest BCUT2D eigenvalue weighted by atomic mass is 10.3. The molecule has 0 aliphatic carbocycles. The topological polar surface area (TPSA) is 74.2 Å². The number of piperazine rings is 1. The molecule has 0 atom stereocenters. The highest BCUT2D eigenvalue weighted by Crippen LogP contribution is 2.22. The van der Waals surface area contributed by atoms with E-state index in [1.807, 2.05) is 48.3 Å². The van der Waals surface area contributed by atoms with Gasteiger partial charge in [-0.3, -0.25) is 0 Å². The van der Waals surface area contributed by atoms with Crippen LogP contribution in [0.15, 0.2) is 55.0 Å². The van der Waals surface area contributed by atoms with Gasteiger partial charge in [-0.2, -0.15) is 10.1 Å². The van der Waals surface area contributed by atoms with E-state index in [-0.39, 0.29) is 0 Å². The van der Waals surface area contributed by atoms with Crippen molar-refractivity contribution >= 4 is 23.4 Å². The minimum absolute atomic E-state index is 0.652. The van der Waals surface area contributed by atoms with Crippen molar-refractivity contribution in [2.45, 2.75) is 0 Å². The molecule has 132 valence electrons. The van der Waals surface area contributed by atoms with Gasteiger partial charge in [-0.15, -0.1) is 5.10 Å². The van der Waals surface area contributed by atoms with Crippen molar-refractivity contribution in [2.75, 3.05) is 47.9 Å². The van der Waals surface area contributed by atoms with Crippen molar-refractivity contribution in [3.63, 3.8) is 0 Å². The number of nitrogens with zero attached hydrogens (tertiary/aromatic N) is 8. The molecule has 0 radical (unpaired) electrons. The van der Waals surface area contributed by atoms with Crippen molar-refractivity contribution in [1.82, 2.24) is 25.1 Å². The fourth-order valence-corrected chi connectivity index (χ4v) is 2.93. The van der Waals surface area contributed by atoms with Crippen molar-refractivity contribution in [3.05, 3.63) is 55.0 Å². The van der Waals surface area contributed by atoms with E-state index in [0.29, 0.717) is 5.95 Å². The predicted molar refractivity (Wildman–Crippen MR) is 101 cm³/mol. The molecule has 0 N–H and O–H groups in total. The average molecular weight is 348 g/mol. The highest BCUT2D eigenvalue weighted by Gasteiger charge is 2.21. The lowest BCUT2D eigenvalue weighted by Gasteiger charge is -2.34. The van der Waals surface area contributed by atoms with E-state index in [9.17, 15) is 0 Å². The minimum Gasteiger partial charge on any atom is -0.337 e. The Labute approximate surface area is 152 Å². The van der Waals surface area contributed by atoms with Gasteiger partial charge in [0.15, 0.2) is 5.82 Å². The van der Waals surface area contributed by atoms with Crippen molar-refractivity contribution < 1.29 is 0 Å². The first-order valence-corrected chi connectivity index (χ1v) is 8.57. The Bertz CT molecular complexity index is 834. The lowest BCUT2D eigenvalue weighted by Crippen LogP contribution is -2.47. The minimum atomic E-state index is 0.652. The maximum absolute atomic E-state index is 4.70. The molecule has 26 heavy (non-hydrogen) atoms. The molecule has 8 nitrogen and oxygen atoms in total. The lowest BCUT2D eigenvalue weighted by molar-refractivity contribution is 0.623. The smallest absolute Gasteiger partial charge is 0.247 e. The Balaban J connectivity index is 1.46. The second-order valence-electron chi connectivity index (χ2n) is 6.03. The van der Waals surface area contributed by atoms with Crippen molar-refractivity contribution in [3.8, 4) is 0 Å². The number of para-hydroxylation sites is 1. The number of aromatic nitrogens is 5. The third-order valence-corrected chi connectivity index (χ3v) is 4.42. The van der Waals surface area contributed by atoms with Crippen LogP contribution in [0.5, 0.6) is 0 Å². The molecule has 1 fully saturated rings. The number of anilines is 4. The van der Waals surface area contributed by atoms with Crippen molar-refractivity contribution in [1.29, 1.82) is 0 Å². The van der Waals surface area contributed by atoms with Gasteiger partial charge in [0.05, 0.1) is 6.20 Å². The summed E-state index contributed by atoms with van der Waals surface area (Å²) in [6, 6.07) is 11.9. The van der Waals surface area contributed by atoms with E-state index in [1.54, 1.807) is 18.6 Å². The molecule has 8 heteroatoms. The second kappa shape index (κ2) is 7.30.